The average molecular weight is 740 g/mol. The Morgan fingerprint density at radius 1 is 0.636 bits per heavy atom. The SMILES string of the molecule is CNc1ccc(C2=CN3C(=O)c4cc(OC)c(OCCCOc5cc6c(cc5OC)C(=O)N5C=C(c7ccc(OC)cc7)CC5C=N6)cc4N=CC3C2)cc1. The van der Waals surface area contributed by atoms with E-state index in [2.05, 4.69) is 17.4 Å². The lowest BCUT2D eigenvalue weighted by molar-refractivity contribution is 0.0809. The normalized spacial score (nSPS) is 18.0. The highest BCUT2D eigenvalue weighted by atomic mass is 16.5. The van der Waals surface area contributed by atoms with E-state index in [0.29, 0.717) is 78.0 Å². The van der Waals surface area contributed by atoms with Crippen LogP contribution in [0, 0.1) is 0 Å². The molecule has 2 atom stereocenters. The average Bonchev–Trinajstić information content (AvgIpc) is 3.80. The smallest absolute Gasteiger partial charge is 0.260 e. The molecule has 55 heavy (non-hydrogen) atoms. The third-order valence-electron chi connectivity index (χ3n) is 10.2. The number of nitrogens with one attached hydrogen (secondary N) is 1. The fourth-order valence-corrected chi connectivity index (χ4v) is 7.22. The van der Waals surface area contributed by atoms with Gasteiger partial charge in [-0.25, -0.2) is 0 Å². The lowest BCUT2D eigenvalue weighted by Crippen LogP contribution is -2.32. The van der Waals surface area contributed by atoms with Crippen molar-refractivity contribution in [2.75, 3.05) is 46.9 Å². The summed E-state index contributed by atoms with van der Waals surface area (Å²) in [5, 5.41) is 3.13. The van der Waals surface area contributed by atoms with E-state index in [4.69, 9.17) is 33.7 Å². The van der Waals surface area contributed by atoms with Gasteiger partial charge in [0.05, 0.1) is 69.1 Å². The molecular weight excluding hydrogens is 699 g/mol. The summed E-state index contributed by atoms with van der Waals surface area (Å²) in [5.41, 5.74) is 7.18. The van der Waals surface area contributed by atoms with Gasteiger partial charge >= 0.3 is 0 Å². The Morgan fingerprint density at radius 3 is 1.55 bits per heavy atom. The van der Waals surface area contributed by atoms with Gasteiger partial charge in [-0.15, -0.1) is 0 Å². The fraction of sp³-hybridized carbons (Fsp3) is 0.256. The number of amides is 2. The molecule has 8 rings (SSSR count). The number of hydrogen-bond donors (Lipinski definition) is 1. The molecule has 1 N–H and O–H groups in total. The number of aliphatic imine (C=N–C) groups is 2. The molecule has 4 aliphatic rings. The van der Waals surface area contributed by atoms with E-state index in [1.54, 1.807) is 55.4 Å². The van der Waals surface area contributed by atoms with Crippen LogP contribution in [0.15, 0.2) is 95.2 Å². The second kappa shape index (κ2) is 15.1. The number of benzene rings is 4. The van der Waals surface area contributed by atoms with Gasteiger partial charge in [0.1, 0.15) is 5.75 Å². The van der Waals surface area contributed by atoms with E-state index in [-0.39, 0.29) is 23.9 Å². The zero-order chi connectivity index (χ0) is 38.1. The highest BCUT2D eigenvalue weighted by Crippen LogP contribution is 2.42. The summed E-state index contributed by atoms with van der Waals surface area (Å²) in [6.45, 7) is 0.617. The molecule has 12 heteroatoms. The maximum atomic E-state index is 13.8. The summed E-state index contributed by atoms with van der Waals surface area (Å²) in [7, 11) is 6.61. The number of anilines is 1. The Morgan fingerprint density at radius 2 is 1.11 bits per heavy atom. The first-order valence-corrected chi connectivity index (χ1v) is 18.1. The number of fused-ring (bicyclic) bond motifs is 4. The molecule has 0 spiro atoms. The van der Waals surface area contributed by atoms with Gasteiger partial charge in [0.15, 0.2) is 23.0 Å². The van der Waals surface area contributed by atoms with Gasteiger partial charge in [0, 0.05) is 69.0 Å². The van der Waals surface area contributed by atoms with Crippen LogP contribution in [0.2, 0.25) is 0 Å². The minimum atomic E-state index is -0.202. The number of hydrogen-bond acceptors (Lipinski definition) is 10. The molecule has 0 saturated carbocycles. The van der Waals surface area contributed by atoms with Gasteiger partial charge in [0.2, 0.25) is 0 Å². The third-order valence-corrected chi connectivity index (χ3v) is 10.2. The van der Waals surface area contributed by atoms with Gasteiger partial charge in [-0.3, -0.25) is 19.6 Å². The van der Waals surface area contributed by atoms with Crippen LogP contribution in [0.4, 0.5) is 17.1 Å². The lowest BCUT2D eigenvalue weighted by atomic mass is 10.0. The molecule has 4 heterocycles. The Kier molecular flexibility index (Phi) is 9.71. The molecule has 4 aromatic rings. The predicted octanol–water partition coefficient (Wildman–Crippen LogP) is 7.55. The summed E-state index contributed by atoms with van der Waals surface area (Å²) in [4.78, 5) is 40.4. The molecule has 0 radical (unpaired) electrons. The Labute approximate surface area is 319 Å². The van der Waals surface area contributed by atoms with Crippen molar-refractivity contribution < 1.29 is 33.3 Å². The van der Waals surface area contributed by atoms with E-state index in [0.717, 1.165) is 33.7 Å². The van der Waals surface area contributed by atoms with Gasteiger partial charge in [-0.1, -0.05) is 24.3 Å². The first-order valence-electron chi connectivity index (χ1n) is 18.1. The number of ether oxygens (including phenoxy) is 5. The van der Waals surface area contributed by atoms with Crippen molar-refractivity contribution in [1.29, 1.82) is 0 Å². The Bertz CT molecular complexity index is 2100. The maximum Gasteiger partial charge on any atom is 0.260 e. The van der Waals surface area contributed by atoms with Crippen molar-refractivity contribution in [3.8, 4) is 28.7 Å². The van der Waals surface area contributed by atoms with Crippen LogP contribution in [0.3, 0.4) is 0 Å². The third kappa shape index (κ3) is 6.87. The van der Waals surface area contributed by atoms with E-state index in [1.165, 1.54) is 0 Å². The molecule has 0 aromatic heterocycles. The molecule has 0 aliphatic carbocycles. The fourth-order valence-electron chi connectivity index (χ4n) is 7.22. The van der Waals surface area contributed by atoms with Crippen LogP contribution in [-0.4, -0.2) is 87.7 Å². The number of nitrogens with zero attached hydrogens (tertiary/aromatic N) is 4. The molecule has 4 aliphatic heterocycles. The number of methoxy groups -OCH3 is 3. The van der Waals surface area contributed by atoms with Crippen LogP contribution < -0.4 is 29.0 Å². The summed E-state index contributed by atoms with van der Waals surface area (Å²) < 4.78 is 28.8. The second-order valence-corrected chi connectivity index (χ2v) is 13.5. The second-order valence-electron chi connectivity index (χ2n) is 13.5. The highest BCUT2D eigenvalue weighted by Gasteiger charge is 2.35. The summed E-state index contributed by atoms with van der Waals surface area (Å²) in [6.07, 6.45) is 9.30. The predicted molar refractivity (Wildman–Crippen MR) is 212 cm³/mol. The highest BCUT2D eigenvalue weighted by molar-refractivity contribution is 6.06. The Hall–Kier alpha value is -6.56. The van der Waals surface area contributed by atoms with Crippen LogP contribution in [-0.2, 0) is 0 Å². The standard InChI is InChI=1S/C43H41N5O7/c1-44-30-10-6-26(7-11-30)28-16-31-22-45-36-20-40(38(52-3)18-34(36)42(49)47(31)24-28)54-14-5-15-55-41-21-37-35(19-39(41)53-4)43(50)48-25-29(17-32(48)23-46-37)27-8-12-33(51-2)13-9-27/h6-13,18-25,31-32,44H,5,14-17H2,1-4H3. The van der Waals surface area contributed by atoms with E-state index >= 15 is 0 Å². The monoisotopic (exact) mass is 739 g/mol. The molecule has 0 bridgehead atoms. The molecule has 12 nitrogen and oxygen atoms in total. The van der Waals surface area contributed by atoms with Crippen molar-refractivity contribution in [1.82, 2.24) is 9.80 Å². The van der Waals surface area contributed by atoms with Crippen LogP contribution in [0.5, 0.6) is 28.7 Å². The topological polar surface area (TPSA) is 124 Å². The quantitative estimate of drug-likeness (QED) is 0.148. The largest absolute Gasteiger partial charge is 0.497 e. The van der Waals surface area contributed by atoms with E-state index < -0.39 is 0 Å². The minimum absolute atomic E-state index is 0.145. The molecule has 4 aromatic carbocycles. The van der Waals surface area contributed by atoms with Crippen molar-refractivity contribution in [3.05, 3.63) is 107 Å². The van der Waals surface area contributed by atoms with Gasteiger partial charge in [-0.05, 0) is 58.7 Å². The van der Waals surface area contributed by atoms with Crippen molar-refractivity contribution in [2.24, 2.45) is 9.98 Å². The maximum absolute atomic E-state index is 13.8. The van der Waals surface area contributed by atoms with E-state index in [1.807, 2.05) is 68.3 Å². The van der Waals surface area contributed by atoms with E-state index in [9.17, 15) is 9.59 Å². The lowest BCUT2D eigenvalue weighted by Gasteiger charge is -2.19. The van der Waals surface area contributed by atoms with Gasteiger partial charge in [-0.2, -0.15) is 0 Å². The molecule has 2 unspecified atom stereocenters. The van der Waals surface area contributed by atoms with Crippen LogP contribution >= 0.6 is 0 Å². The van der Waals surface area contributed by atoms with Crippen LogP contribution in [0.1, 0.15) is 51.1 Å². The van der Waals surface area contributed by atoms with Crippen molar-refractivity contribution >= 4 is 52.5 Å². The number of rotatable bonds is 12. The molecule has 280 valence electrons. The first kappa shape index (κ1) is 35.5. The van der Waals surface area contributed by atoms with Crippen molar-refractivity contribution in [3.63, 3.8) is 0 Å². The van der Waals surface area contributed by atoms with Crippen LogP contribution in [0.25, 0.3) is 11.1 Å². The molecule has 2 amide bonds. The summed E-state index contributed by atoms with van der Waals surface area (Å²) >= 11 is 0. The van der Waals surface area contributed by atoms with Gasteiger partial charge < -0.3 is 38.8 Å². The van der Waals surface area contributed by atoms with Gasteiger partial charge in [0.25, 0.3) is 11.8 Å². The van der Waals surface area contributed by atoms with Crippen molar-refractivity contribution in [2.45, 2.75) is 31.3 Å². The summed E-state index contributed by atoms with van der Waals surface area (Å²) in [6, 6.07) is 22.4. The number of carbonyl (C=O) groups excluding carboxylic acids is 2. The molecule has 0 fully saturated rings. The zero-order valence-electron chi connectivity index (χ0n) is 31.1. The number of carbonyl (C=O) groups is 2. The molecule has 0 saturated heterocycles. The zero-order valence-corrected chi connectivity index (χ0v) is 31.1. The Balaban J connectivity index is 0.906. The summed E-state index contributed by atoms with van der Waals surface area (Å²) in [5.74, 6) is 2.31. The molecular formula is C43H41N5O7. The first-order chi connectivity index (χ1) is 26.9. The minimum Gasteiger partial charge on any atom is -0.497 e.